The van der Waals surface area contributed by atoms with Crippen LogP contribution in [0.5, 0.6) is 0 Å². The molecule has 120 valence electrons. The predicted molar refractivity (Wildman–Crippen MR) is 101 cm³/mol. The highest BCUT2D eigenvalue weighted by Crippen LogP contribution is 2.29. The van der Waals surface area contributed by atoms with Gasteiger partial charge in [0.15, 0.2) is 0 Å². The highest BCUT2D eigenvalue weighted by molar-refractivity contribution is 7.99. The van der Waals surface area contributed by atoms with Crippen molar-refractivity contribution >= 4 is 50.6 Å². The maximum atomic E-state index is 12.4. The van der Waals surface area contributed by atoms with E-state index in [0.29, 0.717) is 5.75 Å². The van der Waals surface area contributed by atoms with E-state index in [4.69, 9.17) is 0 Å². The summed E-state index contributed by atoms with van der Waals surface area (Å²) in [6.45, 7) is 2.04. The number of rotatable bonds is 6. The topological polar surface area (TPSA) is 33.2 Å². The van der Waals surface area contributed by atoms with Gasteiger partial charge in [-0.1, -0.05) is 18.2 Å². The first-order valence-electron chi connectivity index (χ1n) is 7.36. The van der Waals surface area contributed by atoms with Crippen LogP contribution in [0.15, 0.2) is 41.8 Å². The molecule has 0 saturated heterocycles. The number of hydrogen-bond acceptors (Lipinski definition) is 5. The molecule has 23 heavy (non-hydrogen) atoms. The van der Waals surface area contributed by atoms with Crippen LogP contribution in [0.4, 0.5) is 0 Å². The van der Waals surface area contributed by atoms with E-state index in [2.05, 4.69) is 22.5 Å². The molecule has 0 saturated carbocycles. The third-order valence-electron chi connectivity index (χ3n) is 3.69. The molecule has 0 radical (unpaired) electrons. The molecular formula is C17H18N2OS3. The molecule has 0 aliphatic heterocycles. The van der Waals surface area contributed by atoms with Crippen LogP contribution >= 0.6 is 34.4 Å². The number of fused-ring (bicyclic) bond motifs is 1. The van der Waals surface area contributed by atoms with E-state index in [9.17, 15) is 4.79 Å². The summed E-state index contributed by atoms with van der Waals surface area (Å²) < 4.78 is 1.17. The lowest BCUT2D eigenvalue weighted by Gasteiger charge is -2.23. The van der Waals surface area contributed by atoms with Crippen LogP contribution < -0.4 is 0 Å². The summed E-state index contributed by atoms with van der Waals surface area (Å²) in [4.78, 5) is 20.2. The van der Waals surface area contributed by atoms with Crippen molar-refractivity contribution < 1.29 is 4.79 Å². The van der Waals surface area contributed by atoms with Crippen molar-refractivity contribution in [3.05, 3.63) is 51.7 Å². The molecule has 1 aromatic carbocycles. The molecule has 0 spiro atoms. The van der Waals surface area contributed by atoms with Crippen molar-refractivity contribution in [3.8, 4) is 0 Å². The van der Waals surface area contributed by atoms with Crippen molar-refractivity contribution in [1.29, 1.82) is 0 Å². The van der Waals surface area contributed by atoms with E-state index in [1.54, 1.807) is 39.3 Å². The Kier molecular flexibility index (Phi) is 5.35. The molecular weight excluding hydrogens is 344 g/mol. The Labute approximate surface area is 148 Å². The van der Waals surface area contributed by atoms with Gasteiger partial charge in [-0.15, -0.1) is 34.4 Å². The number of thiophene rings is 1. The zero-order valence-electron chi connectivity index (χ0n) is 13.1. The van der Waals surface area contributed by atoms with Gasteiger partial charge in [0, 0.05) is 17.7 Å². The summed E-state index contributed by atoms with van der Waals surface area (Å²) in [5, 5.41) is 3.06. The smallest absolute Gasteiger partial charge is 0.232 e. The first kappa shape index (κ1) is 16.5. The molecule has 3 nitrogen and oxygen atoms in total. The van der Waals surface area contributed by atoms with Crippen molar-refractivity contribution in [2.45, 2.75) is 18.7 Å². The van der Waals surface area contributed by atoms with Gasteiger partial charge in [-0.25, -0.2) is 4.98 Å². The van der Waals surface area contributed by atoms with Crippen LogP contribution in [0.25, 0.3) is 10.2 Å². The summed E-state index contributed by atoms with van der Waals surface area (Å²) in [5.41, 5.74) is 1.01. The number of benzene rings is 1. The lowest BCUT2D eigenvalue weighted by molar-refractivity contribution is -0.128. The van der Waals surface area contributed by atoms with Crippen LogP contribution in [0.1, 0.15) is 22.9 Å². The molecule has 6 heteroatoms. The lowest BCUT2D eigenvalue weighted by atomic mass is 10.3. The highest BCUT2D eigenvalue weighted by Gasteiger charge is 2.20. The molecule has 3 rings (SSSR count). The summed E-state index contributed by atoms with van der Waals surface area (Å²) in [6.07, 6.45) is 0. The van der Waals surface area contributed by atoms with E-state index in [-0.39, 0.29) is 11.9 Å². The predicted octanol–water partition coefficient (Wildman–Crippen LogP) is 4.81. The maximum Gasteiger partial charge on any atom is 0.232 e. The summed E-state index contributed by atoms with van der Waals surface area (Å²) >= 11 is 5.06. The van der Waals surface area contributed by atoms with Gasteiger partial charge in [0.2, 0.25) is 5.91 Å². The van der Waals surface area contributed by atoms with Gasteiger partial charge >= 0.3 is 0 Å². The van der Waals surface area contributed by atoms with Crippen molar-refractivity contribution in [2.75, 3.05) is 12.8 Å². The second kappa shape index (κ2) is 7.47. The van der Waals surface area contributed by atoms with Gasteiger partial charge in [-0.2, -0.15) is 0 Å². The summed E-state index contributed by atoms with van der Waals surface area (Å²) in [7, 11) is 1.87. The number of hydrogen-bond donors (Lipinski definition) is 0. The molecule has 1 atom stereocenters. The van der Waals surface area contributed by atoms with E-state index >= 15 is 0 Å². The number of amides is 1. The van der Waals surface area contributed by atoms with Gasteiger partial charge in [-0.05, 0) is 30.5 Å². The molecule has 0 aliphatic rings. The van der Waals surface area contributed by atoms with Gasteiger partial charge in [0.25, 0.3) is 0 Å². The molecule has 0 unspecified atom stereocenters. The first-order valence-corrected chi connectivity index (χ1v) is 10.2. The standard InChI is InChI=1S/C17H18N2OS3/c1-12(17-18-14-7-3-4-8-15(14)23-17)19(2)16(20)11-21-10-13-6-5-9-22-13/h3-9,12H,10-11H2,1-2H3/t12-/m0/s1. The molecule has 0 bridgehead atoms. The minimum atomic E-state index is 0.00207. The Bertz CT molecular complexity index is 749. The van der Waals surface area contributed by atoms with E-state index in [1.807, 2.05) is 38.2 Å². The number of carbonyl (C=O) groups is 1. The van der Waals surface area contributed by atoms with Crippen molar-refractivity contribution in [3.63, 3.8) is 0 Å². The fourth-order valence-corrected chi connectivity index (χ4v) is 5.04. The minimum absolute atomic E-state index is 0.00207. The Morgan fingerprint density at radius 3 is 2.87 bits per heavy atom. The van der Waals surface area contributed by atoms with Gasteiger partial charge in [0.05, 0.1) is 22.0 Å². The van der Waals surface area contributed by atoms with Crippen LogP contribution in [0.2, 0.25) is 0 Å². The Balaban J connectivity index is 1.59. The van der Waals surface area contributed by atoms with Crippen LogP contribution in [-0.4, -0.2) is 28.6 Å². The average molecular weight is 363 g/mol. The molecule has 2 heterocycles. The molecule has 1 amide bonds. The third kappa shape index (κ3) is 3.94. The molecule has 3 aromatic rings. The fraction of sp³-hybridized carbons (Fsp3) is 0.294. The third-order valence-corrected chi connectivity index (χ3v) is 6.92. The number of carbonyl (C=O) groups excluding carboxylic acids is 1. The monoisotopic (exact) mass is 362 g/mol. The zero-order chi connectivity index (χ0) is 16.2. The lowest BCUT2D eigenvalue weighted by Crippen LogP contribution is -2.31. The minimum Gasteiger partial charge on any atom is -0.336 e. The van der Waals surface area contributed by atoms with Crippen molar-refractivity contribution in [2.24, 2.45) is 0 Å². The van der Waals surface area contributed by atoms with Crippen LogP contribution in [0.3, 0.4) is 0 Å². The number of thioether (sulfide) groups is 1. The van der Waals surface area contributed by atoms with E-state index < -0.39 is 0 Å². The van der Waals surface area contributed by atoms with E-state index in [0.717, 1.165) is 16.3 Å². The number of nitrogens with zero attached hydrogens (tertiary/aromatic N) is 2. The SMILES string of the molecule is C[C@@H](c1nc2ccccc2s1)N(C)C(=O)CSCc1cccs1. The van der Waals surface area contributed by atoms with Crippen LogP contribution in [-0.2, 0) is 10.5 Å². The highest BCUT2D eigenvalue weighted by atomic mass is 32.2. The Morgan fingerprint density at radius 2 is 2.13 bits per heavy atom. The number of thiazole rings is 1. The summed E-state index contributed by atoms with van der Waals surface area (Å²) in [5.74, 6) is 1.55. The first-order chi connectivity index (χ1) is 11.1. The molecule has 2 aromatic heterocycles. The Hall–Kier alpha value is -1.37. The van der Waals surface area contributed by atoms with E-state index in [1.165, 1.54) is 9.58 Å². The fourth-order valence-electron chi connectivity index (χ4n) is 2.19. The van der Waals surface area contributed by atoms with Crippen LogP contribution in [0, 0.1) is 0 Å². The number of aromatic nitrogens is 1. The zero-order valence-corrected chi connectivity index (χ0v) is 15.5. The second-order valence-corrected chi connectivity index (χ2v) is 8.35. The Morgan fingerprint density at radius 1 is 1.30 bits per heavy atom. The van der Waals surface area contributed by atoms with Crippen molar-refractivity contribution in [1.82, 2.24) is 9.88 Å². The number of para-hydroxylation sites is 1. The average Bonchev–Trinajstić information content (AvgIpc) is 3.22. The quantitative estimate of drug-likeness (QED) is 0.631. The normalized spacial score (nSPS) is 12.4. The maximum absolute atomic E-state index is 12.4. The molecule has 0 N–H and O–H groups in total. The summed E-state index contributed by atoms with van der Waals surface area (Å²) in [6, 6.07) is 12.3. The molecule has 0 aliphatic carbocycles. The van der Waals surface area contributed by atoms with Gasteiger partial charge in [-0.3, -0.25) is 4.79 Å². The van der Waals surface area contributed by atoms with Gasteiger partial charge < -0.3 is 4.90 Å². The largest absolute Gasteiger partial charge is 0.336 e. The molecule has 0 fully saturated rings. The van der Waals surface area contributed by atoms with Gasteiger partial charge in [0.1, 0.15) is 5.01 Å². The second-order valence-electron chi connectivity index (χ2n) is 5.27.